The molecule has 7 nitrogen and oxygen atoms in total. The minimum absolute atomic E-state index is 0. The molecular formula is C15H26N3NaO4. The third kappa shape index (κ3) is 5.74. The number of hydrogen-bond donors (Lipinski definition) is 3. The zero-order valence-corrected chi connectivity index (χ0v) is 16.2. The van der Waals surface area contributed by atoms with Gasteiger partial charge in [0.15, 0.2) is 0 Å². The fourth-order valence-corrected chi connectivity index (χ4v) is 2.87. The van der Waals surface area contributed by atoms with Crippen molar-refractivity contribution in [3.8, 4) is 0 Å². The smallest absolute Gasteiger partial charge is 1.00 e. The normalized spacial score (nSPS) is 24.6. The summed E-state index contributed by atoms with van der Waals surface area (Å²) in [7, 11) is 0. The molecule has 8 heteroatoms. The topological polar surface area (TPSA) is 109 Å². The second kappa shape index (κ2) is 9.01. The van der Waals surface area contributed by atoms with Gasteiger partial charge in [0.25, 0.3) is 0 Å². The number of piperidine rings is 1. The van der Waals surface area contributed by atoms with Crippen molar-refractivity contribution in [3.63, 3.8) is 0 Å². The number of likely N-dealkylation sites (tertiary alicyclic amines) is 1. The SMILES string of the molecule is CC(C)C[C@H](NC(=O)[C@H]1N[C@@H]1C(=O)O)C(=O)N1CCCCC1.[H-].[Na+]. The van der Waals surface area contributed by atoms with Crippen LogP contribution in [-0.4, -0.2) is 59.0 Å². The van der Waals surface area contributed by atoms with Gasteiger partial charge in [-0.2, -0.15) is 0 Å². The molecule has 126 valence electrons. The number of nitrogens with zero attached hydrogens (tertiary/aromatic N) is 1. The van der Waals surface area contributed by atoms with E-state index < -0.39 is 30.0 Å². The van der Waals surface area contributed by atoms with Crippen LogP contribution in [0.5, 0.6) is 0 Å². The van der Waals surface area contributed by atoms with Gasteiger partial charge in [0, 0.05) is 13.1 Å². The van der Waals surface area contributed by atoms with Gasteiger partial charge in [-0.1, -0.05) is 13.8 Å². The third-order valence-electron chi connectivity index (χ3n) is 4.12. The van der Waals surface area contributed by atoms with Crippen LogP contribution in [-0.2, 0) is 14.4 Å². The molecule has 2 amide bonds. The molecule has 0 aromatic rings. The van der Waals surface area contributed by atoms with E-state index in [1.54, 1.807) is 0 Å². The molecule has 2 aliphatic heterocycles. The summed E-state index contributed by atoms with van der Waals surface area (Å²) >= 11 is 0. The van der Waals surface area contributed by atoms with Crippen molar-refractivity contribution in [3.05, 3.63) is 0 Å². The van der Waals surface area contributed by atoms with E-state index in [-0.39, 0.29) is 42.8 Å². The summed E-state index contributed by atoms with van der Waals surface area (Å²) in [5.74, 6) is -1.22. The Labute approximate surface area is 160 Å². The Morgan fingerprint density at radius 1 is 1.22 bits per heavy atom. The van der Waals surface area contributed by atoms with Crippen molar-refractivity contribution in [1.29, 1.82) is 0 Å². The van der Waals surface area contributed by atoms with E-state index in [4.69, 9.17) is 5.11 Å². The molecular weight excluding hydrogens is 309 g/mol. The van der Waals surface area contributed by atoms with Crippen molar-refractivity contribution in [1.82, 2.24) is 15.5 Å². The summed E-state index contributed by atoms with van der Waals surface area (Å²) < 4.78 is 0. The number of carboxylic acid groups (broad SMARTS) is 1. The quantitative estimate of drug-likeness (QED) is 0.356. The van der Waals surface area contributed by atoms with E-state index >= 15 is 0 Å². The first kappa shape index (κ1) is 20.4. The van der Waals surface area contributed by atoms with Crippen LogP contribution in [0.2, 0.25) is 0 Å². The Morgan fingerprint density at radius 2 is 1.83 bits per heavy atom. The van der Waals surface area contributed by atoms with Gasteiger partial charge in [0.1, 0.15) is 18.1 Å². The van der Waals surface area contributed by atoms with Gasteiger partial charge in [-0.25, -0.2) is 0 Å². The first-order chi connectivity index (χ1) is 10.4. The Morgan fingerprint density at radius 3 is 2.30 bits per heavy atom. The van der Waals surface area contributed by atoms with E-state index in [9.17, 15) is 14.4 Å². The number of carbonyl (C=O) groups excluding carboxylic acids is 2. The summed E-state index contributed by atoms with van der Waals surface area (Å²) in [6.45, 7) is 5.47. The predicted octanol–water partition coefficient (Wildman–Crippen LogP) is -2.93. The van der Waals surface area contributed by atoms with Gasteiger partial charge in [-0.15, -0.1) is 0 Å². The van der Waals surface area contributed by atoms with Crippen LogP contribution in [0.3, 0.4) is 0 Å². The number of rotatable bonds is 6. The van der Waals surface area contributed by atoms with Crippen molar-refractivity contribution < 1.29 is 50.5 Å². The summed E-state index contributed by atoms with van der Waals surface area (Å²) in [6, 6.07) is -2.12. The molecule has 0 aromatic carbocycles. The van der Waals surface area contributed by atoms with Crippen LogP contribution in [0, 0.1) is 5.92 Å². The van der Waals surface area contributed by atoms with Gasteiger partial charge in [-0.3, -0.25) is 19.7 Å². The first-order valence-electron chi connectivity index (χ1n) is 7.98. The van der Waals surface area contributed by atoms with Crippen LogP contribution < -0.4 is 40.2 Å². The van der Waals surface area contributed by atoms with Gasteiger partial charge < -0.3 is 16.7 Å². The van der Waals surface area contributed by atoms with Gasteiger partial charge in [-0.05, 0) is 31.6 Å². The van der Waals surface area contributed by atoms with E-state index in [1.807, 2.05) is 18.7 Å². The maximum absolute atomic E-state index is 12.6. The fourth-order valence-electron chi connectivity index (χ4n) is 2.87. The van der Waals surface area contributed by atoms with E-state index in [0.29, 0.717) is 6.42 Å². The molecule has 0 saturated carbocycles. The fraction of sp³-hybridized carbons (Fsp3) is 0.800. The van der Waals surface area contributed by atoms with Crippen LogP contribution in [0.4, 0.5) is 0 Å². The summed E-state index contributed by atoms with van der Waals surface area (Å²) in [4.78, 5) is 37.3. The van der Waals surface area contributed by atoms with Crippen LogP contribution in [0.15, 0.2) is 0 Å². The van der Waals surface area contributed by atoms with Crippen LogP contribution in [0.1, 0.15) is 41.0 Å². The molecule has 0 unspecified atom stereocenters. The van der Waals surface area contributed by atoms with E-state index in [2.05, 4.69) is 10.6 Å². The molecule has 2 rings (SSSR count). The molecule has 3 atom stereocenters. The Bertz CT molecular complexity index is 458. The summed E-state index contributed by atoms with van der Waals surface area (Å²) in [5, 5.41) is 14.2. The molecule has 3 N–H and O–H groups in total. The maximum Gasteiger partial charge on any atom is 1.00 e. The maximum atomic E-state index is 12.6. The van der Waals surface area contributed by atoms with E-state index in [1.165, 1.54) is 0 Å². The molecule has 2 saturated heterocycles. The minimum Gasteiger partial charge on any atom is -1.00 e. The second-order valence-corrected chi connectivity index (χ2v) is 6.54. The Hall–Kier alpha value is -0.630. The van der Waals surface area contributed by atoms with Crippen LogP contribution >= 0.6 is 0 Å². The molecule has 2 aliphatic rings. The molecule has 2 fully saturated rings. The van der Waals surface area contributed by atoms with Crippen molar-refractivity contribution >= 4 is 17.8 Å². The minimum atomic E-state index is -1.04. The monoisotopic (exact) mass is 335 g/mol. The third-order valence-corrected chi connectivity index (χ3v) is 4.12. The van der Waals surface area contributed by atoms with E-state index in [0.717, 1.165) is 32.4 Å². The molecule has 0 aromatic heterocycles. The number of amides is 2. The van der Waals surface area contributed by atoms with Gasteiger partial charge in [0.05, 0.1) is 0 Å². The largest absolute Gasteiger partial charge is 1.00 e. The molecule has 0 bridgehead atoms. The number of carbonyl (C=O) groups is 3. The number of aliphatic carboxylic acids is 1. The molecule has 0 spiro atoms. The van der Waals surface area contributed by atoms with Crippen LogP contribution in [0.25, 0.3) is 0 Å². The molecule has 0 aliphatic carbocycles. The zero-order chi connectivity index (χ0) is 16.3. The molecule has 2 heterocycles. The molecule has 23 heavy (non-hydrogen) atoms. The second-order valence-electron chi connectivity index (χ2n) is 6.54. The number of hydrogen-bond acceptors (Lipinski definition) is 4. The van der Waals surface area contributed by atoms with Crippen molar-refractivity contribution in [2.75, 3.05) is 13.1 Å². The summed E-state index contributed by atoms with van der Waals surface area (Å²) in [6.07, 6.45) is 3.70. The Balaban J connectivity index is 0.00000264. The van der Waals surface area contributed by atoms with Crippen molar-refractivity contribution in [2.45, 2.75) is 57.7 Å². The van der Waals surface area contributed by atoms with Gasteiger partial charge >= 0.3 is 35.5 Å². The average molecular weight is 335 g/mol. The number of carboxylic acids is 1. The average Bonchev–Trinajstić information content (AvgIpc) is 3.27. The molecule has 0 radical (unpaired) electrons. The summed E-state index contributed by atoms with van der Waals surface area (Å²) in [5.41, 5.74) is 0. The predicted molar refractivity (Wildman–Crippen MR) is 81.3 cm³/mol. The van der Waals surface area contributed by atoms with Crippen molar-refractivity contribution in [2.24, 2.45) is 5.92 Å². The van der Waals surface area contributed by atoms with Gasteiger partial charge in [0.2, 0.25) is 11.8 Å². The standard InChI is InChI=1S/C15H25N3O4.Na.H/c1-9(2)8-10(14(20)18-6-4-3-5-7-18)16-13(19)11-12(17-11)15(21)22;;/h9-12,17H,3-8H2,1-2H3,(H,16,19)(H,21,22);;/q;+1;-1/t10-,11-,12-;;/m0../s1. The first-order valence-corrected chi connectivity index (χ1v) is 7.98. The Kier molecular flexibility index (Phi) is 8.00. The number of nitrogens with one attached hydrogen (secondary N) is 2. The zero-order valence-electron chi connectivity index (χ0n) is 15.2.